The minimum absolute atomic E-state index is 0.0151. The van der Waals surface area contributed by atoms with Gasteiger partial charge in [-0.3, -0.25) is 9.59 Å². The van der Waals surface area contributed by atoms with Gasteiger partial charge < -0.3 is 32.5 Å². The average Bonchev–Trinajstić information content (AvgIpc) is 2.65. The van der Waals surface area contributed by atoms with Crippen LogP contribution in [0, 0.1) is 12.8 Å². The molecule has 0 spiro atoms. The third-order valence-corrected chi connectivity index (χ3v) is 3.74. The molecule has 0 bridgehead atoms. The van der Waals surface area contributed by atoms with Gasteiger partial charge in [-0.2, -0.15) is 0 Å². The fourth-order valence-electron chi connectivity index (χ4n) is 1.99. The summed E-state index contributed by atoms with van der Waals surface area (Å²) in [5, 5.41) is 16.7. The predicted octanol–water partition coefficient (Wildman–Crippen LogP) is 0.590. The van der Waals surface area contributed by atoms with Crippen molar-refractivity contribution in [1.82, 2.24) is 10.6 Å². The Hall–Kier alpha value is -2.65. The zero-order chi connectivity index (χ0) is 21.7. The third kappa shape index (κ3) is 10.5. The number of urea groups is 1. The normalized spacial score (nSPS) is 11.1. The SMILES string of the molecule is CCCNC(N)=O.Cc1cc(CO)ccc1NC(=O)CNC(=O)C(N)C(C)C. The number of hydrogen-bond donors (Lipinski definition) is 6. The Labute approximate surface area is 166 Å². The Bertz CT molecular complexity index is 649. The molecule has 0 saturated carbocycles. The molecule has 1 unspecified atom stereocenters. The van der Waals surface area contributed by atoms with Crippen molar-refractivity contribution in [3.8, 4) is 0 Å². The molecule has 0 aromatic heterocycles. The minimum atomic E-state index is -0.622. The second-order valence-corrected chi connectivity index (χ2v) is 6.63. The van der Waals surface area contributed by atoms with Crippen LogP contribution in [0.15, 0.2) is 18.2 Å². The van der Waals surface area contributed by atoms with Gasteiger partial charge in [-0.1, -0.05) is 32.9 Å². The summed E-state index contributed by atoms with van der Waals surface area (Å²) in [6.07, 6.45) is 0.933. The maximum atomic E-state index is 11.8. The van der Waals surface area contributed by atoms with E-state index in [2.05, 4.69) is 16.0 Å². The first-order valence-electron chi connectivity index (χ1n) is 9.19. The van der Waals surface area contributed by atoms with Crippen molar-refractivity contribution in [2.45, 2.75) is 46.8 Å². The quantitative estimate of drug-likeness (QED) is 0.379. The molecule has 9 heteroatoms. The molecule has 1 rings (SSSR count). The molecule has 9 nitrogen and oxygen atoms in total. The zero-order valence-electron chi connectivity index (χ0n) is 17.0. The van der Waals surface area contributed by atoms with Crippen molar-refractivity contribution in [2.75, 3.05) is 18.4 Å². The average molecular weight is 396 g/mol. The predicted molar refractivity (Wildman–Crippen MR) is 109 cm³/mol. The molecule has 0 fully saturated rings. The van der Waals surface area contributed by atoms with E-state index in [1.54, 1.807) is 18.2 Å². The number of rotatable bonds is 8. The Balaban J connectivity index is 0.000000887. The number of anilines is 1. The summed E-state index contributed by atoms with van der Waals surface area (Å²) in [4.78, 5) is 33.3. The number of aliphatic hydroxyl groups excluding tert-OH is 1. The van der Waals surface area contributed by atoms with Gasteiger partial charge in [0.25, 0.3) is 0 Å². The summed E-state index contributed by atoms with van der Waals surface area (Å²) in [7, 11) is 0. The van der Waals surface area contributed by atoms with Crippen LogP contribution in [-0.4, -0.2) is 42.1 Å². The molecule has 0 saturated heterocycles. The molecule has 1 atom stereocenters. The summed E-state index contributed by atoms with van der Waals surface area (Å²) in [5.74, 6) is -0.645. The number of nitrogens with two attached hydrogens (primary N) is 2. The Kier molecular flexibility index (Phi) is 12.2. The molecule has 1 aromatic carbocycles. The highest BCUT2D eigenvalue weighted by Gasteiger charge is 2.17. The van der Waals surface area contributed by atoms with Gasteiger partial charge in [-0.05, 0) is 36.5 Å². The third-order valence-electron chi connectivity index (χ3n) is 3.74. The summed E-state index contributed by atoms with van der Waals surface area (Å²) in [5.41, 5.74) is 12.7. The van der Waals surface area contributed by atoms with Crippen molar-refractivity contribution in [3.63, 3.8) is 0 Å². The molecule has 0 aliphatic carbocycles. The second-order valence-electron chi connectivity index (χ2n) is 6.63. The van der Waals surface area contributed by atoms with E-state index < -0.39 is 12.1 Å². The standard InChI is InChI=1S/C15H23N3O3.C4H10N2O/c1-9(2)14(16)15(21)17-7-13(20)18-12-5-4-11(8-19)6-10(12)3;1-2-3-6-4(5)7/h4-6,9,14,19H,7-8,16H2,1-3H3,(H,17,21)(H,18,20);2-3H2,1H3,(H3,5,6,7). The second kappa shape index (κ2) is 13.5. The molecule has 0 aliphatic rings. The van der Waals surface area contributed by atoms with E-state index >= 15 is 0 Å². The summed E-state index contributed by atoms with van der Waals surface area (Å²) in [6.45, 7) is 8.00. The van der Waals surface area contributed by atoms with Crippen molar-refractivity contribution < 1.29 is 19.5 Å². The molecule has 0 radical (unpaired) electrons. The highest BCUT2D eigenvalue weighted by atomic mass is 16.3. The topological polar surface area (TPSA) is 160 Å². The number of aliphatic hydroxyl groups is 1. The lowest BCUT2D eigenvalue weighted by molar-refractivity contribution is -0.125. The Morgan fingerprint density at radius 1 is 1.18 bits per heavy atom. The van der Waals surface area contributed by atoms with Crippen LogP contribution in [0.25, 0.3) is 0 Å². The maximum absolute atomic E-state index is 11.8. The molecule has 158 valence electrons. The number of amides is 4. The monoisotopic (exact) mass is 395 g/mol. The van der Waals surface area contributed by atoms with Crippen molar-refractivity contribution in [3.05, 3.63) is 29.3 Å². The number of benzene rings is 1. The van der Waals surface area contributed by atoms with Crippen LogP contribution in [0.4, 0.5) is 10.5 Å². The van der Waals surface area contributed by atoms with Crippen molar-refractivity contribution in [1.29, 1.82) is 0 Å². The lowest BCUT2D eigenvalue weighted by Gasteiger charge is -2.15. The van der Waals surface area contributed by atoms with E-state index in [4.69, 9.17) is 16.6 Å². The van der Waals surface area contributed by atoms with Crippen LogP contribution in [-0.2, 0) is 16.2 Å². The van der Waals surface area contributed by atoms with Crippen LogP contribution in [0.5, 0.6) is 0 Å². The first kappa shape index (κ1) is 25.4. The first-order valence-corrected chi connectivity index (χ1v) is 9.19. The van der Waals surface area contributed by atoms with E-state index in [1.165, 1.54) is 0 Å². The smallest absolute Gasteiger partial charge is 0.312 e. The van der Waals surface area contributed by atoms with E-state index in [0.29, 0.717) is 12.2 Å². The minimum Gasteiger partial charge on any atom is -0.392 e. The summed E-state index contributed by atoms with van der Waals surface area (Å²) in [6, 6.07) is 4.18. The summed E-state index contributed by atoms with van der Waals surface area (Å²) >= 11 is 0. The van der Waals surface area contributed by atoms with Crippen LogP contribution in [0.2, 0.25) is 0 Å². The van der Waals surface area contributed by atoms with E-state index in [9.17, 15) is 14.4 Å². The van der Waals surface area contributed by atoms with Gasteiger partial charge in [0.15, 0.2) is 0 Å². The molecule has 0 heterocycles. The molecule has 28 heavy (non-hydrogen) atoms. The van der Waals surface area contributed by atoms with Crippen LogP contribution in [0.3, 0.4) is 0 Å². The maximum Gasteiger partial charge on any atom is 0.312 e. The highest BCUT2D eigenvalue weighted by Crippen LogP contribution is 2.16. The molecule has 8 N–H and O–H groups in total. The van der Waals surface area contributed by atoms with Gasteiger partial charge in [-0.15, -0.1) is 0 Å². The molecule has 4 amide bonds. The zero-order valence-corrected chi connectivity index (χ0v) is 17.0. The number of primary amides is 1. The van der Waals surface area contributed by atoms with Crippen molar-refractivity contribution in [2.24, 2.45) is 17.4 Å². The van der Waals surface area contributed by atoms with Crippen LogP contribution >= 0.6 is 0 Å². The fraction of sp³-hybridized carbons (Fsp3) is 0.526. The van der Waals surface area contributed by atoms with E-state index in [0.717, 1.165) is 17.5 Å². The lowest BCUT2D eigenvalue weighted by Crippen LogP contribution is -2.46. The Morgan fingerprint density at radius 3 is 2.25 bits per heavy atom. The van der Waals surface area contributed by atoms with Gasteiger partial charge in [0.05, 0.1) is 19.2 Å². The van der Waals surface area contributed by atoms with E-state index in [-0.39, 0.29) is 30.9 Å². The molecular formula is C19H33N5O4. The van der Waals surface area contributed by atoms with Crippen LogP contribution < -0.4 is 27.4 Å². The molecular weight excluding hydrogens is 362 g/mol. The largest absolute Gasteiger partial charge is 0.392 e. The number of aryl methyl sites for hydroxylation is 1. The number of carbonyl (C=O) groups is 3. The lowest BCUT2D eigenvalue weighted by atomic mass is 10.1. The van der Waals surface area contributed by atoms with Gasteiger partial charge in [-0.25, -0.2) is 4.79 Å². The number of nitrogens with one attached hydrogen (secondary N) is 3. The number of carbonyl (C=O) groups excluding carboxylic acids is 3. The first-order chi connectivity index (χ1) is 13.1. The van der Waals surface area contributed by atoms with Crippen LogP contribution in [0.1, 0.15) is 38.3 Å². The van der Waals surface area contributed by atoms with Gasteiger partial charge in [0.2, 0.25) is 11.8 Å². The molecule has 0 aliphatic heterocycles. The highest BCUT2D eigenvalue weighted by molar-refractivity contribution is 5.95. The van der Waals surface area contributed by atoms with E-state index in [1.807, 2.05) is 27.7 Å². The fourth-order valence-corrected chi connectivity index (χ4v) is 1.99. The van der Waals surface area contributed by atoms with Crippen molar-refractivity contribution >= 4 is 23.5 Å². The Morgan fingerprint density at radius 2 is 1.82 bits per heavy atom. The molecule has 1 aromatic rings. The number of hydrogen-bond acceptors (Lipinski definition) is 5. The summed E-state index contributed by atoms with van der Waals surface area (Å²) < 4.78 is 0. The van der Waals surface area contributed by atoms with Gasteiger partial charge in [0, 0.05) is 12.2 Å². The van der Waals surface area contributed by atoms with Gasteiger partial charge in [0.1, 0.15) is 0 Å². The van der Waals surface area contributed by atoms with Gasteiger partial charge >= 0.3 is 6.03 Å².